The highest BCUT2D eigenvalue weighted by molar-refractivity contribution is 6.17. The summed E-state index contributed by atoms with van der Waals surface area (Å²) < 4.78 is 51.7. The molecule has 14 heavy (non-hydrogen) atoms. The molecule has 0 fully saturated rings. The van der Waals surface area contributed by atoms with Gasteiger partial charge in [0.15, 0.2) is 0 Å². The molecule has 0 saturated heterocycles. The quantitative estimate of drug-likeness (QED) is 0.442. The van der Waals surface area contributed by atoms with Crippen LogP contribution in [-0.2, 0) is 5.88 Å². The fourth-order valence-electron chi connectivity index (χ4n) is 0.792. The Morgan fingerprint density at radius 1 is 1.43 bits per heavy atom. The SMILES string of the molecule is Fc1nccc(OC(F)(F)F)c1CCl. The number of ether oxygens (including phenoxy) is 1. The molecule has 0 aliphatic carbocycles. The van der Waals surface area contributed by atoms with E-state index in [1.54, 1.807) is 0 Å². The number of hydrogen-bond donors (Lipinski definition) is 0. The molecule has 0 aromatic carbocycles. The van der Waals surface area contributed by atoms with Crippen LogP contribution in [0.3, 0.4) is 0 Å². The molecule has 0 amide bonds. The lowest BCUT2D eigenvalue weighted by Gasteiger charge is -2.11. The lowest BCUT2D eigenvalue weighted by Crippen LogP contribution is -2.18. The van der Waals surface area contributed by atoms with Gasteiger partial charge in [0.05, 0.1) is 11.4 Å². The highest BCUT2D eigenvalue weighted by Crippen LogP contribution is 2.27. The molecule has 0 radical (unpaired) electrons. The minimum absolute atomic E-state index is 0.411. The third-order valence-electron chi connectivity index (χ3n) is 1.32. The van der Waals surface area contributed by atoms with Crippen LogP contribution in [0.25, 0.3) is 0 Å². The normalized spacial score (nSPS) is 11.5. The predicted molar refractivity (Wildman–Crippen MR) is 40.4 cm³/mol. The highest BCUT2D eigenvalue weighted by atomic mass is 35.5. The van der Waals surface area contributed by atoms with Crippen LogP contribution in [-0.4, -0.2) is 11.3 Å². The minimum atomic E-state index is -4.87. The second kappa shape index (κ2) is 4.00. The molecule has 0 aliphatic rings. The summed E-state index contributed by atoms with van der Waals surface area (Å²) in [5, 5.41) is 0. The van der Waals surface area contributed by atoms with E-state index in [9.17, 15) is 17.6 Å². The Bertz CT molecular complexity index is 328. The van der Waals surface area contributed by atoms with Gasteiger partial charge in [-0.3, -0.25) is 0 Å². The number of halogens is 5. The molecule has 1 rings (SSSR count). The molecule has 78 valence electrons. The van der Waals surface area contributed by atoms with Gasteiger partial charge in [-0.15, -0.1) is 24.8 Å². The third-order valence-corrected chi connectivity index (χ3v) is 1.59. The van der Waals surface area contributed by atoms with E-state index >= 15 is 0 Å². The van der Waals surface area contributed by atoms with Crippen molar-refractivity contribution in [3.8, 4) is 5.75 Å². The Balaban J connectivity index is 3.02. The van der Waals surface area contributed by atoms with E-state index in [0.29, 0.717) is 0 Å². The van der Waals surface area contributed by atoms with Gasteiger partial charge < -0.3 is 4.74 Å². The average Bonchev–Trinajstić information content (AvgIpc) is 2.01. The smallest absolute Gasteiger partial charge is 0.405 e. The largest absolute Gasteiger partial charge is 0.573 e. The van der Waals surface area contributed by atoms with Crippen LogP contribution >= 0.6 is 11.6 Å². The molecule has 7 heteroatoms. The lowest BCUT2D eigenvalue weighted by atomic mass is 10.3. The van der Waals surface area contributed by atoms with Crippen LogP contribution in [0.15, 0.2) is 12.3 Å². The first-order chi connectivity index (χ1) is 6.44. The van der Waals surface area contributed by atoms with Crippen molar-refractivity contribution < 1.29 is 22.3 Å². The molecule has 1 heterocycles. The topological polar surface area (TPSA) is 22.1 Å². The van der Waals surface area contributed by atoms with Crippen molar-refractivity contribution in [3.63, 3.8) is 0 Å². The van der Waals surface area contributed by atoms with Gasteiger partial charge in [0, 0.05) is 6.20 Å². The van der Waals surface area contributed by atoms with E-state index in [2.05, 4.69) is 9.72 Å². The van der Waals surface area contributed by atoms with E-state index in [4.69, 9.17) is 11.6 Å². The zero-order valence-corrected chi connectivity index (χ0v) is 7.36. The van der Waals surface area contributed by atoms with Crippen LogP contribution in [0.2, 0.25) is 0 Å². The van der Waals surface area contributed by atoms with E-state index in [-0.39, 0.29) is 0 Å². The summed E-state index contributed by atoms with van der Waals surface area (Å²) in [5.41, 5.74) is -0.411. The van der Waals surface area contributed by atoms with Gasteiger partial charge >= 0.3 is 6.36 Å². The maximum atomic E-state index is 12.8. The fourth-order valence-corrected chi connectivity index (χ4v) is 1.03. The number of alkyl halides is 4. The molecule has 0 bridgehead atoms. The molecule has 1 aromatic heterocycles. The second-order valence-corrected chi connectivity index (χ2v) is 2.53. The van der Waals surface area contributed by atoms with Crippen molar-refractivity contribution in [2.24, 2.45) is 0 Å². The summed E-state index contributed by atoms with van der Waals surface area (Å²) in [6, 6.07) is 0.897. The molecular formula is C7H4ClF4NO. The van der Waals surface area contributed by atoms with E-state index in [1.807, 2.05) is 0 Å². The van der Waals surface area contributed by atoms with Gasteiger partial charge in [-0.25, -0.2) is 4.98 Å². The summed E-state index contributed by atoms with van der Waals surface area (Å²) in [5.74, 6) is -2.17. The molecule has 0 N–H and O–H groups in total. The van der Waals surface area contributed by atoms with E-state index < -0.39 is 29.5 Å². The van der Waals surface area contributed by atoms with Crippen molar-refractivity contribution in [1.82, 2.24) is 4.98 Å². The van der Waals surface area contributed by atoms with Gasteiger partial charge in [-0.2, -0.15) is 4.39 Å². The monoisotopic (exact) mass is 229 g/mol. The molecule has 0 spiro atoms. The number of rotatable bonds is 2. The Hall–Kier alpha value is -1.04. The van der Waals surface area contributed by atoms with Crippen LogP contribution in [0.5, 0.6) is 5.75 Å². The standard InChI is InChI=1S/C7H4ClF4NO/c8-3-4-5(14-7(10,11)12)1-2-13-6(4)9/h1-2H,3H2. The van der Waals surface area contributed by atoms with Gasteiger partial charge in [0.2, 0.25) is 5.95 Å². The van der Waals surface area contributed by atoms with Crippen molar-refractivity contribution in [3.05, 3.63) is 23.8 Å². The zero-order valence-electron chi connectivity index (χ0n) is 6.61. The van der Waals surface area contributed by atoms with Crippen LogP contribution < -0.4 is 4.74 Å². The molecule has 0 unspecified atom stereocenters. The molecule has 2 nitrogen and oxygen atoms in total. The van der Waals surface area contributed by atoms with Crippen molar-refractivity contribution in [1.29, 1.82) is 0 Å². The Labute approximate surface area is 81.5 Å². The van der Waals surface area contributed by atoms with Crippen LogP contribution in [0.1, 0.15) is 5.56 Å². The van der Waals surface area contributed by atoms with Gasteiger partial charge in [0.1, 0.15) is 5.75 Å². The first kappa shape index (κ1) is 11.0. The number of hydrogen-bond acceptors (Lipinski definition) is 2. The van der Waals surface area contributed by atoms with Crippen LogP contribution in [0.4, 0.5) is 17.6 Å². The maximum absolute atomic E-state index is 12.8. The molecule has 0 aliphatic heterocycles. The first-order valence-electron chi connectivity index (χ1n) is 3.39. The molecule has 0 atom stereocenters. The van der Waals surface area contributed by atoms with Crippen molar-refractivity contribution >= 4 is 11.6 Å². The first-order valence-corrected chi connectivity index (χ1v) is 3.92. The third kappa shape index (κ3) is 2.73. The second-order valence-electron chi connectivity index (χ2n) is 2.26. The summed E-state index contributed by atoms with van der Waals surface area (Å²) in [4.78, 5) is 3.14. The fraction of sp³-hybridized carbons (Fsp3) is 0.286. The van der Waals surface area contributed by atoms with E-state index in [1.165, 1.54) is 0 Å². The zero-order chi connectivity index (χ0) is 10.8. The number of pyridine rings is 1. The maximum Gasteiger partial charge on any atom is 0.573 e. The Morgan fingerprint density at radius 3 is 2.57 bits per heavy atom. The van der Waals surface area contributed by atoms with Crippen LogP contribution in [0, 0.1) is 5.95 Å². The minimum Gasteiger partial charge on any atom is -0.405 e. The summed E-state index contributed by atoms with van der Waals surface area (Å²) >= 11 is 5.24. The lowest BCUT2D eigenvalue weighted by molar-refractivity contribution is -0.274. The summed E-state index contributed by atoms with van der Waals surface area (Å²) in [6.45, 7) is 0. The Kier molecular flexibility index (Phi) is 3.15. The van der Waals surface area contributed by atoms with Crippen molar-refractivity contribution in [2.75, 3.05) is 0 Å². The molecule has 1 aromatic rings. The van der Waals surface area contributed by atoms with Gasteiger partial charge in [-0.05, 0) is 6.07 Å². The van der Waals surface area contributed by atoms with Gasteiger partial charge in [-0.1, -0.05) is 0 Å². The van der Waals surface area contributed by atoms with Gasteiger partial charge in [0.25, 0.3) is 0 Å². The average molecular weight is 230 g/mol. The van der Waals surface area contributed by atoms with E-state index in [0.717, 1.165) is 12.3 Å². The summed E-state index contributed by atoms with van der Waals surface area (Å²) in [7, 11) is 0. The number of aromatic nitrogens is 1. The molecule has 0 saturated carbocycles. The summed E-state index contributed by atoms with van der Waals surface area (Å²) in [6.07, 6.45) is -4.00. The van der Waals surface area contributed by atoms with Crippen molar-refractivity contribution in [2.45, 2.75) is 12.2 Å². The predicted octanol–water partition coefficient (Wildman–Crippen LogP) is 2.86. The number of nitrogens with zero attached hydrogens (tertiary/aromatic N) is 1. The molecular weight excluding hydrogens is 226 g/mol. The Morgan fingerprint density at radius 2 is 2.07 bits per heavy atom. The highest BCUT2D eigenvalue weighted by Gasteiger charge is 2.32.